The van der Waals surface area contributed by atoms with Gasteiger partial charge in [-0.3, -0.25) is 0 Å². The van der Waals surface area contributed by atoms with Gasteiger partial charge in [-0.1, -0.05) is 19.8 Å². The molecular weight excluding hydrogens is 246 g/mol. The maximum Gasteiger partial charge on any atom is 0.154 e. The van der Waals surface area contributed by atoms with Crippen molar-refractivity contribution in [2.75, 3.05) is 12.3 Å². The molecule has 1 saturated heterocycles. The molecule has 1 heterocycles. The molecule has 1 aliphatic heterocycles. The lowest BCUT2D eigenvalue weighted by atomic mass is 9.83. The Morgan fingerprint density at radius 2 is 1.83 bits per heavy atom. The average Bonchev–Trinajstić information content (AvgIpc) is 2.68. The molecule has 1 aliphatic carbocycles. The van der Waals surface area contributed by atoms with E-state index in [1.165, 1.54) is 38.5 Å². The van der Waals surface area contributed by atoms with Crippen molar-refractivity contribution in [2.24, 2.45) is 5.92 Å². The van der Waals surface area contributed by atoms with Gasteiger partial charge in [-0.15, -0.1) is 0 Å². The fourth-order valence-electron chi connectivity index (χ4n) is 3.45. The maximum atomic E-state index is 11.7. The summed E-state index contributed by atoms with van der Waals surface area (Å²) in [5, 5.41) is 3.40. The van der Waals surface area contributed by atoms with E-state index < -0.39 is 9.84 Å². The van der Waals surface area contributed by atoms with Crippen molar-refractivity contribution in [3.63, 3.8) is 0 Å². The summed E-state index contributed by atoms with van der Waals surface area (Å²) in [5.41, 5.74) is 0. The van der Waals surface area contributed by atoms with Crippen LogP contribution in [-0.2, 0) is 9.84 Å². The lowest BCUT2D eigenvalue weighted by Gasteiger charge is -2.29. The third-order valence-electron chi connectivity index (χ3n) is 4.64. The van der Waals surface area contributed by atoms with E-state index in [2.05, 4.69) is 12.2 Å². The highest BCUT2D eigenvalue weighted by molar-refractivity contribution is 7.92. The number of rotatable bonds is 5. The summed E-state index contributed by atoms with van der Waals surface area (Å²) >= 11 is 0. The topological polar surface area (TPSA) is 46.2 Å². The van der Waals surface area contributed by atoms with Gasteiger partial charge < -0.3 is 5.32 Å². The molecule has 0 radical (unpaired) electrons. The number of sulfone groups is 1. The van der Waals surface area contributed by atoms with Gasteiger partial charge >= 0.3 is 0 Å². The zero-order valence-corrected chi connectivity index (χ0v) is 12.3. The van der Waals surface area contributed by atoms with Crippen LogP contribution in [0.5, 0.6) is 0 Å². The van der Waals surface area contributed by atoms with Crippen LogP contribution in [0.2, 0.25) is 0 Å². The highest BCUT2D eigenvalue weighted by Gasteiger charge is 2.31. The lowest BCUT2D eigenvalue weighted by molar-refractivity contribution is 0.278. The van der Waals surface area contributed by atoms with Gasteiger partial charge in [0.25, 0.3) is 0 Å². The second-order valence-corrected chi connectivity index (χ2v) is 8.45. The average molecular weight is 273 g/mol. The van der Waals surface area contributed by atoms with Crippen LogP contribution in [0.25, 0.3) is 0 Å². The third-order valence-corrected chi connectivity index (χ3v) is 6.92. The van der Waals surface area contributed by atoms with Gasteiger partial charge in [0.2, 0.25) is 0 Å². The monoisotopic (exact) mass is 273 g/mol. The van der Waals surface area contributed by atoms with Crippen molar-refractivity contribution in [1.29, 1.82) is 0 Å². The Kier molecular flexibility index (Phi) is 5.07. The molecule has 1 atom stereocenters. The summed E-state index contributed by atoms with van der Waals surface area (Å²) in [6, 6.07) is 0.564. The van der Waals surface area contributed by atoms with Gasteiger partial charge in [-0.2, -0.15) is 0 Å². The SMILES string of the molecule is CCCC1CCC(NCC2CCCS2(=O)=O)CC1. The van der Waals surface area contributed by atoms with Gasteiger partial charge in [-0.05, 0) is 44.4 Å². The zero-order valence-electron chi connectivity index (χ0n) is 11.5. The van der Waals surface area contributed by atoms with Crippen molar-refractivity contribution in [3.8, 4) is 0 Å². The molecule has 18 heavy (non-hydrogen) atoms. The molecule has 0 aromatic rings. The van der Waals surface area contributed by atoms with Crippen LogP contribution in [0.4, 0.5) is 0 Å². The van der Waals surface area contributed by atoms with Crippen LogP contribution in [0.15, 0.2) is 0 Å². The number of nitrogens with one attached hydrogen (secondary N) is 1. The van der Waals surface area contributed by atoms with Gasteiger partial charge in [-0.25, -0.2) is 8.42 Å². The number of hydrogen-bond acceptors (Lipinski definition) is 3. The summed E-state index contributed by atoms with van der Waals surface area (Å²) in [4.78, 5) is 0. The quantitative estimate of drug-likeness (QED) is 0.837. The third kappa shape index (κ3) is 3.70. The molecule has 1 N–H and O–H groups in total. The van der Waals surface area contributed by atoms with Crippen molar-refractivity contribution in [3.05, 3.63) is 0 Å². The summed E-state index contributed by atoms with van der Waals surface area (Å²) in [5.74, 6) is 1.33. The van der Waals surface area contributed by atoms with E-state index in [0.29, 0.717) is 18.3 Å². The molecule has 106 valence electrons. The minimum atomic E-state index is -2.77. The van der Waals surface area contributed by atoms with E-state index >= 15 is 0 Å². The molecule has 0 amide bonds. The van der Waals surface area contributed by atoms with E-state index in [0.717, 1.165) is 18.8 Å². The molecular formula is C14H27NO2S. The second kappa shape index (κ2) is 6.38. The van der Waals surface area contributed by atoms with Crippen LogP contribution in [0.1, 0.15) is 58.3 Å². The molecule has 2 fully saturated rings. The smallest absolute Gasteiger partial charge is 0.154 e. The van der Waals surface area contributed by atoms with Gasteiger partial charge in [0.15, 0.2) is 9.84 Å². The standard InChI is InChI=1S/C14H27NO2S/c1-2-4-12-6-8-13(9-7-12)15-11-14-5-3-10-18(14,16)17/h12-15H,2-11H2,1H3. The first-order chi connectivity index (χ1) is 8.62. The normalized spacial score (nSPS) is 35.7. The molecule has 0 aromatic carbocycles. The second-order valence-electron chi connectivity index (χ2n) is 6.05. The first kappa shape index (κ1) is 14.3. The fraction of sp³-hybridized carbons (Fsp3) is 1.00. The van der Waals surface area contributed by atoms with E-state index in [1.54, 1.807) is 0 Å². The van der Waals surface area contributed by atoms with Crippen LogP contribution in [0, 0.1) is 5.92 Å². The van der Waals surface area contributed by atoms with Crippen molar-refractivity contribution in [2.45, 2.75) is 69.6 Å². The molecule has 2 rings (SSSR count). The van der Waals surface area contributed by atoms with Crippen LogP contribution in [-0.4, -0.2) is 32.0 Å². The summed E-state index contributed by atoms with van der Waals surface area (Å²) < 4.78 is 23.5. The largest absolute Gasteiger partial charge is 0.313 e. The predicted octanol–water partition coefficient (Wildman–Crippen LogP) is 2.51. The molecule has 0 spiro atoms. The molecule has 0 bridgehead atoms. The Morgan fingerprint density at radius 1 is 1.11 bits per heavy atom. The summed E-state index contributed by atoms with van der Waals surface area (Å²) in [6.07, 6.45) is 9.49. The highest BCUT2D eigenvalue weighted by Crippen LogP contribution is 2.28. The minimum Gasteiger partial charge on any atom is -0.313 e. The first-order valence-electron chi connectivity index (χ1n) is 7.56. The fourth-order valence-corrected chi connectivity index (χ4v) is 5.23. The Balaban J connectivity index is 1.69. The van der Waals surface area contributed by atoms with Crippen LogP contribution in [0.3, 0.4) is 0 Å². The molecule has 1 unspecified atom stereocenters. The predicted molar refractivity (Wildman–Crippen MR) is 75.5 cm³/mol. The van der Waals surface area contributed by atoms with Gasteiger partial charge in [0, 0.05) is 12.6 Å². The molecule has 1 saturated carbocycles. The molecule has 0 aromatic heterocycles. The number of hydrogen-bond donors (Lipinski definition) is 1. The van der Waals surface area contributed by atoms with E-state index in [4.69, 9.17) is 0 Å². The Hall–Kier alpha value is -0.0900. The van der Waals surface area contributed by atoms with Crippen molar-refractivity contribution in [1.82, 2.24) is 5.32 Å². The van der Waals surface area contributed by atoms with E-state index in [9.17, 15) is 8.42 Å². The summed E-state index contributed by atoms with van der Waals surface area (Å²) in [7, 11) is -2.77. The maximum absolute atomic E-state index is 11.7. The Labute approximate surface area is 112 Å². The lowest BCUT2D eigenvalue weighted by Crippen LogP contribution is -2.39. The van der Waals surface area contributed by atoms with Crippen molar-refractivity contribution < 1.29 is 8.42 Å². The summed E-state index contributed by atoms with van der Waals surface area (Å²) in [6.45, 7) is 2.95. The van der Waals surface area contributed by atoms with Crippen LogP contribution < -0.4 is 5.32 Å². The molecule has 2 aliphatic rings. The first-order valence-corrected chi connectivity index (χ1v) is 9.28. The van der Waals surface area contributed by atoms with E-state index in [-0.39, 0.29) is 5.25 Å². The zero-order chi connectivity index (χ0) is 13.0. The Bertz CT molecular complexity index is 345. The minimum absolute atomic E-state index is 0.106. The van der Waals surface area contributed by atoms with E-state index in [1.807, 2.05) is 0 Å². The van der Waals surface area contributed by atoms with Gasteiger partial charge in [0.1, 0.15) is 0 Å². The molecule has 3 nitrogen and oxygen atoms in total. The highest BCUT2D eigenvalue weighted by atomic mass is 32.2. The van der Waals surface area contributed by atoms with Crippen molar-refractivity contribution >= 4 is 9.84 Å². The van der Waals surface area contributed by atoms with Gasteiger partial charge in [0.05, 0.1) is 11.0 Å². The van der Waals surface area contributed by atoms with Crippen LogP contribution >= 0.6 is 0 Å². The molecule has 4 heteroatoms. The Morgan fingerprint density at radius 3 is 2.39 bits per heavy atom.